The van der Waals surface area contributed by atoms with Crippen LogP contribution in [0.5, 0.6) is 11.5 Å². The monoisotopic (exact) mass is 543 g/mol. The average Bonchev–Trinajstić information content (AvgIpc) is 3.38. The molecule has 0 saturated heterocycles. The van der Waals surface area contributed by atoms with E-state index in [1.54, 1.807) is 38.6 Å². The lowest BCUT2D eigenvalue weighted by atomic mass is 9.70. The number of ether oxygens (including phenoxy) is 2. The van der Waals surface area contributed by atoms with Gasteiger partial charge in [-0.15, -0.1) is 0 Å². The maximum atomic E-state index is 14.4. The Kier molecular flexibility index (Phi) is 6.14. The Labute approximate surface area is 222 Å². The lowest BCUT2D eigenvalue weighted by Crippen LogP contribution is -2.41. The number of hydrogen-bond acceptors (Lipinski definition) is 8. The second kappa shape index (κ2) is 8.73. The molecule has 0 aliphatic heterocycles. The Morgan fingerprint density at radius 2 is 1.89 bits per heavy atom. The van der Waals surface area contributed by atoms with E-state index >= 15 is 0 Å². The zero-order valence-electron chi connectivity index (χ0n) is 22.3. The molecule has 198 valence electrons. The number of methoxy groups -OCH3 is 2. The van der Waals surface area contributed by atoms with Crippen LogP contribution in [-0.2, 0) is 20.6 Å². The molecular formula is C27H33N3O5S2. The van der Waals surface area contributed by atoms with Gasteiger partial charge in [-0.1, -0.05) is 32.5 Å². The first-order valence-corrected chi connectivity index (χ1v) is 14.8. The standard InChI is InChI=1S/C27H33N3O5S2/c1-15-13-28-20(16(2)22(15)35-7)14-36-25-29-19-12-17(34-6)8-9-21(19)30(25)37(32,33)23-18-10-11-27(5,24(23)31)26(18,3)4/h8-9,12-13,18,23H,10-11,14H2,1-7H3. The molecule has 5 rings (SSSR count). The summed E-state index contributed by atoms with van der Waals surface area (Å²) in [4.78, 5) is 22.9. The van der Waals surface area contributed by atoms with Crippen molar-refractivity contribution in [3.05, 3.63) is 41.2 Å². The van der Waals surface area contributed by atoms with Crippen LogP contribution in [0.2, 0.25) is 0 Å². The van der Waals surface area contributed by atoms with Crippen LogP contribution in [0.25, 0.3) is 11.0 Å². The van der Waals surface area contributed by atoms with Gasteiger partial charge in [-0.3, -0.25) is 9.78 Å². The van der Waals surface area contributed by atoms with Gasteiger partial charge in [0.05, 0.1) is 30.9 Å². The van der Waals surface area contributed by atoms with Crippen LogP contribution in [0.15, 0.2) is 29.6 Å². The number of aryl methyl sites for hydroxylation is 1. The fraction of sp³-hybridized carbons (Fsp3) is 0.519. The highest BCUT2D eigenvalue weighted by Crippen LogP contribution is 2.65. The van der Waals surface area contributed by atoms with Crippen molar-refractivity contribution >= 4 is 38.6 Å². The predicted octanol–water partition coefficient (Wildman–Crippen LogP) is 4.93. The van der Waals surface area contributed by atoms with Gasteiger partial charge < -0.3 is 9.47 Å². The number of fused-ring (bicyclic) bond motifs is 3. The van der Waals surface area contributed by atoms with Crippen LogP contribution in [0.1, 0.15) is 50.4 Å². The fourth-order valence-corrected chi connectivity index (χ4v) is 10.0. The van der Waals surface area contributed by atoms with Crippen LogP contribution >= 0.6 is 11.8 Å². The molecule has 2 heterocycles. The zero-order chi connectivity index (χ0) is 26.9. The average molecular weight is 544 g/mol. The summed E-state index contributed by atoms with van der Waals surface area (Å²) < 4.78 is 40.9. The molecule has 3 aromatic rings. The van der Waals surface area contributed by atoms with Crippen LogP contribution in [-0.4, -0.2) is 47.6 Å². The van der Waals surface area contributed by atoms with Crippen molar-refractivity contribution in [2.24, 2.45) is 16.7 Å². The summed E-state index contributed by atoms with van der Waals surface area (Å²) >= 11 is 1.29. The molecule has 0 spiro atoms. The number of aromatic nitrogens is 3. The Morgan fingerprint density at radius 3 is 2.51 bits per heavy atom. The molecule has 0 amide bonds. The van der Waals surface area contributed by atoms with Crippen molar-refractivity contribution in [1.29, 1.82) is 0 Å². The maximum Gasteiger partial charge on any atom is 0.251 e. The molecule has 2 aliphatic rings. The molecule has 2 bridgehead atoms. The number of carbonyl (C=O) groups is 1. The maximum absolute atomic E-state index is 14.4. The van der Waals surface area contributed by atoms with Gasteiger partial charge in [0, 0.05) is 34.6 Å². The number of benzene rings is 1. The van der Waals surface area contributed by atoms with Gasteiger partial charge in [0.2, 0.25) is 0 Å². The molecular weight excluding hydrogens is 510 g/mol. The minimum atomic E-state index is -4.10. The molecule has 3 unspecified atom stereocenters. The fourth-order valence-electron chi connectivity index (χ4n) is 6.29. The van der Waals surface area contributed by atoms with E-state index in [1.807, 2.05) is 34.6 Å². The molecule has 2 aromatic heterocycles. The highest BCUT2D eigenvalue weighted by atomic mass is 32.2. The van der Waals surface area contributed by atoms with Crippen molar-refractivity contribution in [1.82, 2.24) is 13.9 Å². The first kappa shape index (κ1) is 26.0. The topological polar surface area (TPSA) is 100 Å². The van der Waals surface area contributed by atoms with E-state index < -0.39 is 26.1 Å². The number of carbonyl (C=O) groups excluding carboxylic acids is 1. The van der Waals surface area contributed by atoms with Crippen molar-refractivity contribution < 1.29 is 22.7 Å². The van der Waals surface area contributed by atoms with Crippen molar-refractivity contribution in [2.75, 3.05) is 14.2 Å². The zero-order valence-corrected chi connectivity index (χ0v) is 23.9. The normalized spacial score (nSPS) is 24.7. The Balaban J connectivity index is 1.62. The van der Waals surface area contributed by atoms with Crippen molar-refractivity contribution in [2.45, 2.75) is 63.6 Å². The number of rotatable bonds is 7. The molecule has 8 nitrogen and oxygen atoms in total. The lowest BCUT2D eigenvalue weighted by Gasteiger charge is -2.32. The molecule has 37 heavy (non-hydrogen) atoms. The Hall–Kier alpha value is -2.59. The van der Waals surface area contributed by atoms with Gasteiger partial charge in [0.1, 0.15) is 16.7 Å². The summed E-state index contributed by atoms with van der Waals surface area (Å²) in [6.07, 6.45) is 3.19. The number of hydrogen-bond donors (Lipinski definition) is 0. The van der Waals surface area contributed by atoms with Gasteiger partial charge in [0.15, 0.2) is 10.9 Å². The van der Waals surface area contributed by atoms with E-state index in [1.165, 1.54) is 15.7 Å². The largest absolute Gasteiger partial charge is 0.497 e. The van der Waals surface area contributed by atoms with E-state index in [2.05, 4.69) is 4.98 Å². The number of imidazole rings is 1. The lowest BCUT2D eigenvalue weighted by molar-refractivity contribution is -0.127. The van der Waals surface area contributed by atoms with Crippen LogP contribution in [0.3, 0.4) is 0 Å². The third kappa shape index (κ3) is 3.62. The van der Waals surface area contributed by atoms with Gasteiger partial charge >= 0.3 is 0 Å². The predicted molar refractivity (Wildman–Crippen MR) is 144 cm³/mol. The van der Waals surface area contributed by atoms with Crippen molar-refractivity contribution in [3.8, 4) is 11.5 Å². The second-order valence-electron chi connectivity index (χ2n) is 10.9. The summed E-state index contributed by atoms with van der Waals surface area (Å²) in [6.45, 7) is 9.86. The minimum Gasteiger partial charge on any atom is -0.497 e. The van der Waals surface area contributed by atoms with Crippen LogP contribution < -0.4 is 9.47 Å². The summed E-state index contributed by atoms with van der Waals surface area (Å²) in [6, 6.07) is 5.14. The molecule has 1 aromatic carbocycles. The van der Waals surface area contributed by atoms with Crippen LogP contribution in [0, 0.1) is 30.6 Å². The van der Waals surface area contributed by atoms with Crippen molar-refractivity contribution in [3.63, 3.8) is 0 Å². The van der Waals surface area contributed by atoms with E-state index in [4.69, 9.17) is 14.5 Å². The quantitative estimate of drug-likeness (QED) is 0.387. The van der Waals surface area contributed by atoms with E-state index in [0.29, 0.717) is 34.1 Å². The van der Waals surface area contributed by atoms with Gasteiger partial charge in [0.25, 0.3) is 10.0 Å². The number of ketones is 1. The third-order valence-corrected chi connectivity index (χ3v) is 12.1. The minimum absolute atomic E-state index is 0.180. The SMILES string of the molecule is COc1ccc2c(c1)nc(SCc1ncc(C)c(OC)c1C)n2S(=O)(=O)C1C(=O)C2(C)CCC1C2(C)C. The molecule has 2 saturated carbocycles. The highest BCUT2D eigenvalue weighted by molar-refractivity contribution is 7.99. The Bertz CT molecular complexity index is 1530. The van der Waals surface area contributed by atoms with Gasteiger partial charge in [-0.05, 0) is 50.2 Å². The molecule has 0 N–H and O–H groups in total. The summed E-state index contributed by atoms with van der Waals surface area (Å²) in [7, 11) is -0.917. The molecule has 0 radical (unpaired) electrons. The molecule has 3 atom stereocenters. The van der Waals surface area contributed by atoms with E-state index in [0.717, 1.165) is 29.0 Å². The summed E-state index contributed by atoms with van der Waals surface area (Å²) in [5.41, 5.74) is 2.51. The molecule has 10 heteroatoms. The first-order valence-electron chi connectivity index (χ1n) is 12.4. The van der Waals surface area contributed by atoms with E-state index in [-0.39, 0.29) is 11.7 Å². The number of pyridine rings is 1. The Morgan fingerprint density at radius 1 is 1.16 bits per heavy atom. The molecule has 2 aliphatic carbocycles. The number of Topliss-reactive ketones (excluding diaryl/α,β-unsaturated/α-hetero) is 1. The number of thioether (sulfide) groups is 1. The van der Waals surface area contributed by atoms with Crippen LogP contribution in [0.4, 0.5) is 0 Å². The second-order valence-corrected chi connectivity index (χ2v) is 13.7. The third-order valence-electron chi connectivity index (χ3n) is 8.93. The summed E-state index contributed by atoms with van der Waals surface area (Å²) in [5, 5.41) is -0.790. The number of nitrogens with zero attached hydrogens (tertiary/aromatic N) is 3. The molecule has 2 fully saturated rings. The van der Waals surface area contributed by atoms with E-state index in [9.17, 15) is 13.2 Å². The highest BCUT2D eigenvalue weighted by Gasteiger charge is 2.69. The van der Waals surface area contributed by atoms with Gasteiger partial charge in [-0.2, -0.15) is 0 Å². The summed E-state index contributed by atoms with van der Waals surface area (Å²) in [5.74, 6) is 1.31. The van der Waals surface area contributed by atoms with Gasteiger partial charge in [-0.25, -0.2) is 17.4 Å². The smallest absolute Gasteiger partial charge is 0.251 e. The first-order chi connectivity index (χ1) is 17.4.